The van der Waals surface area contributed by atoms with Gasteiger partial charge in [-0.05, 0) is 62.4 Å². The van der Waals surface area contributed by atoms with Gasteiger partial charge in [-0.25, -0.2) is 0 Å². The maximum atomic E-state index is 6.21. The third-order valence-corrected chi connectivity index (χ3v) is 5.58. The molecule has 0 nitrogen and oxygen atoms in total. The van der Waals surface area contributed by atoms with Crippen molar-refractivity contribution in [2.45, 2.75) is 0 Å². The fourth-order valence-electron chi connectivity index (χ4n) is 4.01. The molecular formula is C28H19Cl. The minimum absolute atomic E-state index is 0.747. The lowest BCUT2D eigenvalue weighted by Crippen LogP contribution is -1.93. The maximum Gasteiger partial charge on any atom is 0.0406 e. The summed E-state index contributed by atoms with van der Waals surface area (Å²) in [4.78, 5) is 0. The summed E-state index contributed by atoms with van der Waals surface area (Å²) in [6.45, 7) is 0. The molecule has 5 aromatic carbocycles. The largest absolute Gasteiger partial charge is 0.0843 e. The van der Waals surface area contributed by atoms with Gasteiger partial charge < -0.3 is 0 Å². The fraction of sp³-hybridized carbons (Fsp3) is 0. The molecule has 0 fully saturated rings. The third-order valence-electron chi connectivity index (χ3n) is 5.33. The molecule has 0 amide bonds. The van der Waals surface area contributed by atoms with E-state index in [2.05, 4.69) is 103 Å². The average Bonchev–Trinajstić information content (AvgIpc) is 2.79. The minimum Gasteiger partial charge on any atom is -0.0843 e. The molecule has 0 aliphatic heterocycles. The van der Waals surface area contributed by atoms with Crippen LogP contribution in [-0.4, -0.2) is 0 Å². The summed E-state index contributed by atoms with van der Waals surface area (Å²) in [5, 5.41) is 3.24. The molecule has 5 rings (SSSR count). The van der Waals surface area contributed by atoms with Crippen LogP contribution in [0.1, 0.15) is 0 Å². The zero-order valence-electron chi connectivity index (χ0n) is 15.8. The van der Waals surface area contributed by atoms with E-state index >= 15 is 0 Å². The Bertz CT molecular complexity index is 1270. The van der Waals surface area contributed by atoms with Crippen molar-refractivity contribution in [3.8, 4) is 33.4 Å². The molecule has 0 aliphatic carbocycles. The standard InChI is InChI=1S/C28H19Cl/c29-24-17-15-22(16-18-24)28-26(20-9-3-1-4-10-20)19-23-13-7-8-14-25(23)27(28)21-11-5-2-6-12-21/h1-19H. The Morgan fingerprint density at radius 1 is 0.448 bits per heavy atom. The van der Waals surface area contributed by atoms with E-state index in [0.717, 1.165) is 10.6 Å². The second-order valence-electron chi connectivity index (χ2n) is 7.13. The molecule has 0 heterocycles. The van der Waals surface area contributed by atoms with E-state index < -0.39 is 0 Å². The SMILES string of the molecule is Clc1ccc(-c2c(-c3ccccc3)cc3ccccc3c2-c2ccccc2)cc1. The van der Waals surface area contributed by atoms with Gasteiger partial charge in [0.1, 0.15) is 0 Å². The first-order chi connectivity index (χ1) is 14.3. The Morgan fingerprint density at radius 3 is 1.69 bits per heavy atom. The predicted octanol–water partition coefficient (Wildman–Crippen LogP) is 8.49. The van der Waals surface area contributed by atoms with Gasteiger partial charge in [0.05, 0.1) is 0 Å². The van der Waals surface area contributed by atoms with Crippen molar-refractivity contribution < 1.29 is 0 Å². The zero-order valence-corrected chi connectivity index (χ0v) is 16.6. The molecule has 5 aromatic rings. The summed E-state index contributed by atoms with van der Waals surface area (Å²) >= 11 is 6.21. The normalized spacial score (nSPS) is 10.9. The molecule has 1 heteroatoms. The number of rotatable bonds is 3. The van der Waals surface area contributed by atoms with Crippen LogP contribution in [0.5, 0.6) is 0 Å². The topological polar surface area (TPSA) is 0 Å². The monoisotopic (exact) mass is 390 g/mol. The second kappa shape index (κ2) is 7.58. The first-order valence-electron chi connectivity index (χ1n) is 9.74. The summed E-state index contributed by atoms with van der Waals surface area (Å²) in [7, 11) is 0. The summed E-state index contributed by atoms with van der Waals surface area (Å²) in [6, 6.07) is 40.4. The van der Waals surface area contributed by atoms with Crippen molar-refractivity contribution >= 4 is 22.4 Å². The molecule has 0 radical (unpaired) electrons. The van der Waals surface area contributed by atoms with E-state index in [1.165, 1.54) is 38.6 Å². The number of hydrogen-bond donors (Lipinski definition) is 0. The quantitative estimate of drug-likeness (QED) is 0.289. The highest BCUT2D eigenvalue weighted by atomic mass is 35.5. The molecule has 0 saturated carbocycles. The zero-order chi connectivity index (χ0) is 19.6. The molecule has 138 valence electrons. The second-order valence-corrected chi connectivity index (χ2v) is 7.57. The van der Waals surface area contributed by atoms with Gasteiger partial charge >= 0.3 is 0 Å². The van der Waals surface area contributed by atoms with Crippen LogP contribution in [-0.2, 0) is 0 Å². The Morgan fingerprint density at radius 2 is 1.00 bits per heavy atom. The fourth-order valence-corrected chi connectivity index (χ4v) is 4.14. The van der Waals surface area contributed by atoms with Gasteiger partial charge in [-0.1, -0.05) is 109 Å². The number of hydrogen-bond acceptors (Lipinski definition) is 0. The highest BCUT2D eigenvalue weighted by Crippen LogP contribution is 2.44. The molecule has 0 saturated heterocycles. The van der Waals surface area contributed by atoms with E-state index in [0.29, 0.717) is 0 Å². The van der Waals surface area contributed by atoms with Gasteiger partial charge in [-0.2, -0.15) is 0 Å². The Labute approximate surface area is 176 Å². The molecule has 0 atom stereocenters. The smallest absolute Gasteiger partial charge is 0.0406 e. The lowest BCUT2D eigenvalue weighted by molar-refractivity contribution is 1.58. The van der Waals surface area contributed by atoms with Crippen molar-refractivity contribution in [2.75, 3.05) is 0 Å². The summed E-state index contributed by atoms with van der Waals surface area (Å²) < 4.78 is 0. The van der Waals surface area contributed by atoms with E-state index in [9.17, 15) is 0 Å². The van der Waals surface area contributed by atoms with E-state index in [4.69, 9.17) is 11.6 Å². The van der Waals surface area contributed by atoms with Crippen molar-refractivity contribution in [2.24, 2.45) is 0 Å². The Kier molecular flexibility index (Phi) is 4.63. The van der Waals surface area contributed by atoms with Crippen molar-refractivity contribution in [1.29, 1.82) is 0 Å². The van der Waals surface area contributed by atoms with Crippen LogP contribution in [0.15, 0.2) is 115 Å². The minimum atomic E-state index is 0.747. The van der Waals surface area contributed by atoms with Gasteiger partial charge in [0.15, 0.2) is 0 Å². The van der Waals surface area contributed by atoms with Gasteiger partial charge in [0.25, 0.3) is 0 Å². The van der Waals surface area contributed by atoms with Crippen LogP contribution in [0, 0.1) is 0 Å². The summed E-state index contributed by atoms with van der Waals surface area (Å²) in [5.74, 6) is 0. The van der Waals surface area contributed by atoms with E-state index in [-0.39, 0.29) is 0 Å². The molecule has 0 aliphatic rings. The van der Waals surface area contributed by atoms with Crippen LogP contribution in [0.2, 0.25) is 5.02 Å². The summed E-state index contributed by atoms with van der Waals surface area (Å²) in [5.41, 5.74) is 7.30. The van der Waals surface area contributed by atoms with E-state index in [1.54, 1.807) is 0 Å². The lowest BCUT2D eigenvalue weighted by atomic mass is 9.84. The van der Waals surface area contributed by atoms with Crippen molar-refractivity contribution in [3.05, 3.63) is 120 Å². The predicted molar refractivity (Wildman–Crippen MR) is 125 cm³/mol. The molecule has 0 aromatic heterocycles. The van der Waals surface area contributed by atoms with Gasteiger partial charge in [-0.15, -0.1) is 0 Å². The summed E-state index contributed by atoms with van der Waals surface area (Å²) in [6.07, 6.45) is 0. The molecular weight excluding hydrogens is 372 g/mol. The average molecular weight is 391 g/mol. The highest BCUT2D eigenvalue weighted by Gasteiger charge is 2.17. The van der Waals surface area contributed by atoms with Crippen molar-refractivity contribution in [1.82, 2.24) is 0 Å². The lowest BCUT2D eigenvalue weighted by Gasteiger charge is -2.19. The molecule has 0 bridgehead atoms. The Balaban J connectivity index is 1.96. The van der Waals surface area contributed by atoms with Crippen molar-refractivity contribution in [3.63, 3.8) is 0 Å². The first kappa shape index (κ1) is 17.7. The number of halogens is 1. The van der Waals surface area contributed by atoms with Crippen LogP contribution in [0.3, 0.4) is 0 Å². The molecule has 0 N–H and O–H groups in total. The molecule has 0 spiro atoms. The molecule has 0 unspecified atom stereocenters. The number of fused-ring (bicyclic) bond motifs is 1. The van der Waals surface area contributed by atoms with Crippen LogP contribution in [0.4, 0.5) is 0 Å². The maximum absolute atomic E-state index is 6.21. The van der Waals surface area contributed by atoms with Crippen LogP contribution >= 0.6 is 11.6 Å². The van der Waals surface area contributed by atoms with E-state index in [1.807, 2.05) is 12.1 Å². The number of benzene rings is 5. The molecule has 29 heavy (non-hydrogen) atoms. The van der Waals surface area contributed by atoms with Gasteiger partial charge in [0.2, 0.25) is 0 Å². The van der Waals surface area contributed by atoms with Gasteiger partial charge in [0, 0.05) is 5.02 Å². The third kappa shape index (κ3) is 3.33. The van der Waals surface area contributed by atoms with Crippen LogP contribution in [0.25, 0.3) is 44.2 Å². The van der Waals surface area contributed by atoms with Gasteiger partial charge in [-0.3, -0.25) is 0 Å². The highest BCUT2D eigenvalue weighted by molar-refractivity contribution is 6.30. The first-order valence-corrected chi connectivity index (χ1v) is 10.1. The Hall–Kier alpha value is -3.35. The van der Waals surface area contributed by atoms with Crippen LogP contribution < -0.4 is 0 Å².